The van der Waals surface area contributed by atoms with Crippen LogP contribution in [0.4, 0.5) is 5.69 Å². The van der Waals surface area contributed by atoms with Gasteiger partial charge >= 0.3 is 0 Å². The van der Waals surface area contributed by atoms with Gasteiger partial charge in [-0.1, -0.05) is 12.1 Å². The van der Waals surface area contributed by atoms with Crippen LogP contribution in [0.15, 0.2) is 18.2 Å². The Morgan fingerprint density at radius 3 is 2.82 bits per heavy atom. The molecular weight excluding hydrogens is 210 g/mol. The second-order valence-electron chi connectivity index (χ2n) is 5.80. The van der Waals surface area contributed by atoms with E-state index < -0.39 is 5.60 Å². The van der Waals surface area contributed by atoms with Crippen molar-refractivity contribution in [3.63, 3.8) is 0 Å². The number of nitrogens with zero attached hydrogens (tertiary/aromatic N) is 1. The van der Waals surface area contributed by atoms with E-state index in [1.54, 1.807) is 0 Å². The van der Waals surface area contributed by atoms with Crippen molar-refractivity contribution in [3.8, 4) is 0 Å². The molecule has 0 aromatic heterocycles. The topological polar surface area (TPSA) is 23.5 Å². The summed E-state index contributed by atoms with van der Waals surface area (Å²) in [7, 11) is 2.16. The molecule has 0 fully saturated rings. The quantitative estimate of drug-likeness (QED) is 0.867. The molecule has 2 rings (SSSR count). The van der Waals surface area contributed by atoms with E-state index in [0.717, 1.165) is 19.4 Å². The molecule has 0 spiro atoms. The molecule has 1 N–H and O–H groups in total. The van der Waals surface area contributed by atoms with Crippen LogP contribution >= 0.6 is 0 Å². The zero-order valence-electron chi connectivity index (χ0n) is 11.2. The van der Waals surface area contributed by atoms with Crippen LogP contribution in [-0.4, -0.2) is 24.3 Å². The lowest BCUT2D eigenvalue weighted by Gasteiger charge is -2.28. The molecule has 0 saturated carbocycles. The molecule has 2 heteroatoms. The summed E-state index contributed by atoms with van der Waals surface area (Å²) in [5.41, 5.74) is 3.61. The Bertz CT molecular complexity index is 392. The van der Waals surface area contributed by atoms with Gasteiger partial charge in [-0.3, -0.25) is 0 Å². The molecule has 17 heavy (non-hydrogen) atoms. The summed E-state index contributed by atoms with van der Waals surface area (Å²) in [6.07, 6.45) is 4.22. The van der Waals surface area contributed by atoms with E-state index in [1.807, 2.05) is 13.8 Å². The Morgan fingerprint density at radius 1 is 1.35 bits per heavy atom. The van der Waals surface area contributed by atoms with Gasteiger partial charge in [0.1, 0.15) is 0 Å². The lowest BCUT2D eigenvalue weighted by Crippen LogP contribution is -2.25. The maximum Gasteiger partial charge on any atom is 0.0594 e. The van der Waals surface area contributed by atoms with Crippen molar-refractivity contribution < 1.29 is 5.11 Å². The van der Waals surface area contributed by atoms with Gasteiger partial charge < -0.3 is 10.0 Å². The second-order valence-corrected chi connectivity index (χ2v) is 5.80. The molecule has 1 aromatic carbocycles. The standard InChI is InChI=1S/C15H23NO/c1-15(2,17)9-8-12-6-7-13-5-4-10-16(3)14(13)11-12/h6-7,11,17H,4-5,8-10H2,1-3H3. The Kier molecular flexibility index (Phi) is 3.43. The minimum Gasteiger partial charge on any atom is -0.390 e. The van der Waals surface area contributed by atoms with Crippen LogP contribution in [-0.2, 0) is 12.8 Å². The number of hydrogen-bond acceptors (Lipinski definition) is 2. The van der Waals surface area contributed by atoms with E-state index in [2.05, 4.69) is 30.1 Å². The lowest BCUT2D eigenvalue weighted by atomic mass is 9.95. The summed E-state index contributed by atoms with van der Waals surface area (Å²) >= 11 is 0. The van der Waals surface area contributed by atoms with Crippen molar-refractivity contribution in [3.05, 3.63) is 29.3 Å². The SMILES string of the molecule is CN1CCCc2ccc(CCC(C)(C)O)cc21. The Labute approximate surface area is 104 Å². The number of aliphatic hydroxyl groups is 1. The van der Waals surface area contributed by atoms with Crippen LogP contribution in [0.3, 0.4) is 0 Å². The number of aryl methyl sites for hydroxylation is 2. The first-order valence-corrected chi connectivity index (χ1v) is 6.51. The van der Waals surface area contributed by atoms with Gasteiger partial charge in [-0.15, -0.1) is 0 Å². The fourth-order valence-electron chi connectivity index (χ4n) is 2.41. The molecular formula is C15H23NO. The van der Waals surface area contributed by atoms with Crippen LogP contribution in [0.1, 0.15) is 37.8 Å². The zero-order chi connectivity index (χ0) is 12.5. The summed E-state index contributed by atoms with van der Waals surface area (Å²) in [6, 6.07) is 6.76. The average molecular weight is 233 g/mol. The van der Waals surface area contributed by atoms with Crippen molar-refractivity contribution in [2.75, 3.05) is 18.5 Å². The van der Waals surface area contributed by atoms with Gasteiger partial charge in [-0.25, -0.2) is 0 Å². The highest BCUT2D eigenvalue weighted by Gasteiger charge is 2.16. The molecule has 0 saturated heterocycles. The normalized spacial score (nSPS) is 15.9. The maximum absolute atomic E-state index is 9.76. The zero-order valence-corrected chi connectivity index (χ0v) is 11.2. The Morgan fingerprint density at radius 2 is 2.12 bits per heavy atom. The van der Waals surface area contributed by atoms with E-state index in [0.29, 0.717) is 0 Å². The highest BCUT2D eigenvalue weighted by molar-refractivity contribution is 5.56. The highest BCUT2D eigenvalue weighted by atomic mass is 16.3. The third-order valence-corrected chi connectivity index (χ3v) is 3.53. The molecule has 0 atom stereocenters. The predicted octanol–water partition coefficient (Wildman–Crippen LogP) is 2.77. The monoisotopic (exact) mass is 233 g/mol. The van der Waals surface area contributed by atoms with Crippen molar-refractivity contribution in [1.82, 2.24) is 0 Å². The van der Waals surface area contributed by atoms with Gasteiger partial charge in [0, 0.05) is 19.3 Å². The van der Waals surface area contributed by atoms with Crippen molar-refractivity contribution >= 4 is 5.69 Å². The van der Waals surface area contributed by atoms with Crippen LogP contribution in [0.2, 0.25) is 0 Å². The number of benzene rings is 1. The molecule has 1 heterocycles. The fourth-order valence-corrected chi connectivity index (χ4v) is 2.41. The molecule has 1 aliphatic heterocycles. The molecule has 94 valence electrons. The van der Waals surface area contributed by atoms with Gasteiger partial charge in [0.2, 0.25) is 0 Å². The van der Waals surface area contributed by atoms with E-state index in [4.69, 9.17) is 0 Å². The number of hydrogen-bond donors (Lipinski definition) is 1. The van der Waals surface area contributed by atoms with Crippen LogP contribution < -0.4 is 4.90 Å². The fraction of sp³-hybridized carbons (Fsp3) is 0.600. The molecule has 1 aliphatic rings. The minimum absolute atomic E-state index is 0.568. The third kappa shape index (κ3) is 3.22. The first kappa shape index (κ1) is 12.4. The molecule has 0 unspecified atom stereocenters. The average Bonchev–Trinajstić information content (AvgIpc) is 2.26. The molecule has 0 aliphatic carbocycles. The second kappa shape index (κ2) is 4.69. The smallest absolute Gasteiger partial charge is 0.0594 e. The van der Waals surface area contributed by atoms with Crippen molar-refractivity contribution in [1.29, 1.82) is 0 Å². The van der Waals surface area contributed by atoms with E-state index in [1.165, 1.54) is 29.7 Å². The van der Waals surface area contributed by atoms with E-state index in [9.17, 15) is 5.11 Å². The summed E-state index contributed by atoms with van der Waals surface area (Å²) < 4.78 is 0. The maximum atomic E-state index is 9.76. The van der Waals surface area contributed by atoms with E-state index in [-0.39, 0.29) is 0 Å². The lowest BCUT2D eigenvalue weighted by molar-refractivity contribution is 0.0714. The largest absolute Gasteiger partial charge is 0.390 e. The van der Waals surface area contributed by atoms with Gasteiger partial charge in [-0.05, 0) is 56.7 Å². The van der Waals surface area contributed by atoms with Crippen LogP contribution in [0, 0.1) is 0 Å². The molecule has 2 nitrogen and oxygen atoms in total. The minimum atomic E-state index is -0.568. The Hall–Kier alpha value is -1.02. The van der Waals surface area contributed by atoms with Crippen LogP contribution in [0.25, 0.3) is 0 Å². The van der Waals surface area contributed by atoms with Crippen LogP contribution in [0.5, 0.6) is 0 Å². The van der Waals surface area contributed by atoms with Crippen molar-refractivity contribution in [2.24, 2.45) is 0 Å². The predicted molar refractivity (Wildman–Crippen MR) is 72.7 cm³/mol. The van der Waals surface area contributed by atoms with Gasteiger partial charge in [0.15, 0.2) is 0 Å². The van der Waals surface area contributed by atoms with Crippen molar-refractivity contribution in [2.45, 2.75) is 45.1 Å². The summed E-state index contributed by atoms with van der Waals surface area (Å²) in [6.45, 7) is 4.90. The first-order chi connectivity index (χ1) is 7.96. The number of fused-ring (bicyclic) bond motifs is 1. The molecule has 1 aromatic rings. The Balaban J connectivity index is 2.12. The van der Waals surface area contributed by atoms with E-state index >= 15 is 0 Å². The molecule has 0 radical (unpaired) electrons. The molecule has 0 bridgehead atoms. The summed E-state index contributed by atoms with van der Waals surface area (Å²) in [5.74, 6) is 0. The summed E-state index contributed by atoms with van der Waals surface area (Å²) in [4.78, 5) is 2.34. The highest BCUT2D eigenvalue weighted by Crippen LogP contribution is 2.27. The molecule has 0 amide bonds. The number of anilines is 1. The first-order valence-electron chi connectivity index (χ1n) is 6.51. The summed E-state index contributed by atoms with van der Waals surface area (Å²) in [5, 5.41) is 9.76. The van der Waals surface area contributed by atoms with Gasteiger partial charge in [0.05, 0.1) is 5.60 Å². The van der Waals surface area contributed by atoms with Gasteiger partial charge in [0.25, 0.3) is 0 Å². The van der Waals surface area contributed by atoms with Gasteiger partial charge in [-0.2, -0.15) is 0 Å². The third-order valence-electron chi connectivity index (χ3n) is 3.53. The number of rotatable bonds is 3.